The van der Waals surface area contributed by atoms with Crippen molar-refractivity contribution in [3.8, 4) is 0 Å². The summed E-state index contributed by atoms with van der Waals surface area (Å²) in [7, 11) is 0. The first kappa shape index (κ1) is 17.9. The van der Waals surface area contributed by atoms with Gasteiger partial charge in [-0.25, -0.2) is 4.98 Å². The zero-order chi connectivity index (χ0) is 18.0. The molecule has 0 aliphatic heterocycles. The molecule has 0 radical (unpaired) electrons. The summed E-state index contributed by atoms with van der Waals surface area (Å²) >= 11 is 1.55. The molecule has 0 atom stereocenters. The standard InChI is InChI=1S/C20H20N4OS/c25-19(21-12-10-17-14-23-24-15-17)18-9-4-11-22-20(18)26-13-5-8-16-6-2-1-3-7-16/h1-9,11,14-15H,10,12-13H2,(H,21,25)(H,23,24)/b8-5+. The number of nitrogens with one attached hydrogen (secondary N) is 2. The van der Waals surface area contributed by atoms with E-state index in [1.807, 2.05) is 30.5 Å². The van der Waals surface area contributed by atoms with E-state index in [0.29, 0.717) is 12.1 Å². The first-order valence-corrected chi connectivity index (χ1v) is 9.37. The zero-order valence-electron chi connectivity index (χ0n) is 14.3. The SMILES string of the molecule is O=C(NCCc1cn[nH]c1)c1cccnc1SC/C=C/c1ccccc1. The van der Waals surface area contributed by atoms with Gasteiger partial charge in [0.1, 0.15) is 5.03 Å². The van der Waals surface area contributed by atoms with Gasteiger partial charge in [-0.15, -0.1) is 11.8 Å². The van der Waals surface area contributed by atoms with Gasteiger partial charge in [-0.3, -0.25) is 9.89 Å². The van der Waals surface area contributed by atoms with Gasteiger partial charge < -0.3 is 5.32 Å². The van der Waals surface area contributed by atoms with Gasteiger partial charge >= 0.3 is 0 Å². The van der Waals surface area contributed by atoms with Crippen molar-refractivity contribution in [3.63, 3.8) is 0 Å². The fourth-order valence-electron chi connectivity index (χ4n) is 2.38. The first-order chi connectivity index (χ1) is 12.8. The number of amides is 1. The maximum Gasteiger partial charge on any atom is 0.254 e. The van der Waals surface area contributed by atoms with E-state index in [1.165, 1.54) is 0 Å². The number of carbonyl (C=O) groups is 1. The van der Waals surface area contributed by atoms with Crippen LogP contribution in [-0.4, -0.2) is 33.4 Å². The summed E-state index contributed by atoms with van der Waals surface area (Å²) in [4.78, 5) is 16.8. The molecule has 132 valence electrons. The van der Waals surface area contributed by atoms with Crippen LogP contribution in [0.25, 0.3) is 6.08 Å². The average Bonchev–Trinajstić information content (AvgIpc) is 3.20. The summed E-state index contributed by atoms with van der Waals surface area (Å²) in [6, 6.07) is 13.7. The predicted molar refractivity (Wildman–Crippen MR) is 105 cm³/mol. The van der Waals surface area contributed by atoms with E-state index in [0.717, 1.165) is 28.3 Å². The quantitative estimate of drug-likeness (QED) is 0.599. The molecule has 0 aliphatic carbocycles. The Kier molecular flexibility index (Phi) is 6.61. The Labute approximate surface area is 156 Å². The van der Waals surface area contributed by atoms with Crippen LogP contribution >= 0.6 is 11.8 Å². The average molecular weight is 364 g/mol. The van der Waals surface area contributed by atoms with E-state index in [1.54, 1.807) is 30.2 Å². The molecule has 5 nitrogen and oxygen atoms in total. The fourth-order valence-corrected chi connectivity index (χ4v) is 3.19. The lowest BCUT2D eigenvalue weighted by molar-refractivity contribution is 0.0950. The van der Waals surface area contributed by atoms with Gasteiger partial charge in [0.25, 0.3) is 5.91 Å². The van der Waals surface area contributed by atoms with Gasteiger partial charge in [-0.1, -0.05) is 42.5 Å². The summed E-state index contributed by atoms with van der Waals surface area (Å²) in [6.45, 7) is 0.561. The molecule has 26 heavy (non-hydrogen) atoms. The molecule has 2 heterocycles. The fraction of sp³-hybridized carbons (Fsp3) is 0.150. The number of benzene rings is 1. The topological polar surface area (TPSA) is 70.7 Å². The largest absolute Gasteiger partial charge is 0.352 e. The van der Waals surface area contributed by atoms with E-state index >= 15 is 0 Å². The summed E-state index contributed by atoms with van der Waals surface area (Å²) in [5.74, 6) is 0.650. The number of aromatic amines is 1. The van der Waals surface area contributed by atoms with Crippen molar-refractivity contribution >= 4 is 23.7 Å². The Hall–Kier alpha value is -2.86. The van der Waals surface area contributed by atoms with Crippen molar-refractivity contribution in [2.75, 3.05) is 12.3 Å². The number of H-pyrrole nitrogens is 1. The van der Waals surface area contributed by atoms with Crippen molar-refractivity contribution in [3.05, 3.63) is 83.8 Å². The highest BCUT2D eigenvalue weighted by Crippen LogP contribution is 2.20. The second kappa shape index (κ2) is 9.58. The molecule has 1 amide bonds. The summed E-state index contributed by atoms with van der Waals surface area (Å²) in [6.07, 6.45) is 10.2. The lowest BCUT2D eigenvalue weighted by Gasteiger charge is -2.08. The smallest absolute Gasteiger partial charge is 0.254 e. The Balaban J connectivity index is 1.53. The van der Waals surface area contributed by atoms with Crippen molar-refractivity contribution in [1.29, 1.82) is 0 Å². The molecule has 0 aliphatic rings. The Bertz CT molecular complexity index is 847. The zero-order valence-corrected chi connectivity index (χ0v) is 15.1. The van der Waals surface area contributed by atoms with Crippen molar-refractivity contribution in [2.24, 2.45) is 0 Å². The number of hydrogen-bond donors (Lipinski definition) is 2. The normalized spacial score (nSPS) is 10.9. The number of rotatable bonds is 8. The van der Waals surface area contributed by atoms with E-state index in [4.69, 9.17) is 0 Å². The number of pyridine rings is 1. The molecule has 2 aromatic heterocycles. The molecule has 3 aromatic rings. The molecule has 0 fully saturated rings. The monoisotopic (exact) mass is 364 g/mol. The van der Waals surface area contributed by atoms with Crippen molar-refractivity contribution in [2.45, 2.75) is 11.4 Å². The maximum atomic E-state index is 12.4. The lowest BCUT2D eigenvalue weighted by atomic mass is 10.2. The summed E-state index contributed by atoms with van der Waals surface area (Å²) < 4.78 is 0. The molecule has 0 saturated carbocycles. The number of thioether (sulfide) groups is 1. The Morgan fingerprint density at radius 3 is 2.88 bits per heavy atom. The van der Waals surface area contributed by atoms with Crippen LogP contribution in [-0.2, 0) is 6.42 Å². The van der Waals surface area contributed by atoms with Gasteiger partial charge in [0, 0.05) is 24.7 Å². The van der Waals surface area contributed by atoms with Crippen molar-refractivity contribution in [1.82, 2.24) is 20.5 Å². The van der Waals surface area contributed by atoms with Crippen LogP contribution in [0.5, 0.6) is 0 Å². The van der Waals surface area contributed by atoms with E-state index in [-0.39, 0.29) is 5.91 Å². The first-order valence-electron chi connectivity index (χ1n) is 8.38. The van der Waals surface area contributed by atoms with Gasteiger partial charge in [0.15, 0.2) is 0 Å². The molecule has 0 spiro atoms. The number of hydrogen-bond acceptors (Lipinski definition) is 4. The Morgan fingerprint density at radius 2 is 2.08 bits per heavy atom. The number of aromatic nitrogens is 3. The highest BCUT2D eigenvalue weighted by atomic mass is 32.2. The van der Waals surface area contributed by atoms with Crippen LogP contribution in [0.2, 0.25) is 0 Å². The third kappa shape index (κ3) is 5.32. The van der Waals surface area contributed by atoms with Crippen LogP contribution < -0.4 is 5.32 Å². The summed E-state index contributed by atoms with van der Waals surface area (Å²) in [5, 5.41) is 10.3. The van der Waals surface area contributed by atoms with Crippen LogP contribution in [0, 0.1) is 0 Å². The van der Waals surface area contributed by atoms with E-state index in [2.05, 4.69) is 44.8 Å². The maximum absolute atomic E-state index is 12.4. The van der Waals surface area contributed by atoms with Gasteiger partial charge in [-0.2, -0.15) is 5.10 Å². The van der Waals surface area contributed by atoms with E-state index in [9.17, 15) is 4.79 Å². The minimum Gasteiger partial charge on any atom is -0.352 e. The molecule has 1 aromatic carbocycles. The molecule has 0 unspecified atom stereocenters. The third-order valence-electron chi connectivity index (χ3n) is 3.70. The number of nitrogens with zero attached hydrogens (tertiary/aromatic N) is 2. The minimum absolute atomic E-state index is 0.101. The second-order valence-corrected chi connectivity index (χ2v) is 6.60. The highest BCUT2D eigenvalue weighted by Gasteiger charge is 2.11. The Morgan fingerprint density at radius 1 is 1.19 bits per heavy atom. The van der Waals surface area contributed by atoms with Crippen LogP contribution in [0.3, 0.4) is 0 Å². The lowest BCUT2D eigenvalue weighted by Crippen LogP contribution is -2.26. The molecule has 3 rings (SSSR count). The molecular formula is C20H20N4OS. The number of carbonyl (C=O) groups excluding carboxylic acids is 1. The molecule has 0 saturated heterocycles. The van der Waals surface area contributed by atoms with Crippen LogP contribution in [0.4, 0.5) is 0 Å². The van der Waals surface area contributed by atoms with Gasteiger partial charge in [0.05, 0.1) is 11.8 Å². The third-order valence-corrected chi connectivity index (χ3v) is 4.65. The van der Waals surface area contributed by atoms with Gasteiger partial charge in [0.2, 0.25) is 0 Å². The van der Waals surface area contributed by atoms with Crippen LogP contribution in [0.15, 0.2) is 72.2 Å². The predicted octanol–water partition coefficient (Wildman–Crippen LogP) is 3.58. The summed E-state index contributed by atoms with van der Waals surface area (Å²) in [5.41, 5.74) is 2.83. The molecule has 6 heteroatoms. The second-order valence-electron chi connectivity index (χ2n) is 5.59. The van der Waals surface area contributed by atoms with Crippen molar-refractivity contribution < 1.29 is 4.79 Å². The van der Waals surface area contributed by atoms with Gasteiger partial charge in [-0.05, 0) is 29.7 Å². The highest BCUT2D eigenvalue weighted by molar-refractivity contribution is 7.99. The molecule has 2 N–H and O–H groups in total. The van der Waals surface area contributed by atoms with E-state index < -0.39 is 0 Å². The van der Waals surface area contributed by atoms with Crippen LogP contribution in [0.1, 0.15) is 21.5 Å². The minimum atomic E-state index is -0.101. The molecule has 0 bridgehead atoms. The molecular weight excluding hydrogens is 344 g/mol.